The molecule has 2 N–H and O–H groups in total. The quantitative estimate of drug-likeness (QED) is 0.453. The minimum atomic E-state index is 0.318. The van der Waals surface area contributed by atoms with Gasteiger partial charge in [-0.3, -0.25) is 4.99 Å². The molecule has 136 valence electrons. The lowest BCUT2D eigenvalue weighted by Gasteiger charge is -2.21. The van der Waals surface area contributed by atoms with Crippen molar-refractivity contribution in [3.8, 4) is 0 Å². The van der Waals surface area contributed by atoms with Crippen molar-refractivity contribution < 1.29 is 0 Å². The van der Waals surface area contributed by atoms with Crippen molar-refractivity contribution in [2.24, 2.45) is 4.99 Å². The van der Waals surface area contributed by atoms with Gasteiger partial charge >= 0.3 is 0 Å². The molecule has 1 unspecified atom stereocenters. The van der Waals surface area contributed by atoms with Gasteiger partial charge in [0, 0.05) is 24.4 Å². The Morgan fingerprint density at radius 2 is 2.24 bits per heavy atom. The van der Waals surface area contributed by atoms with Crippen molar-refractivity contribution in [1.82, 2.24) is 20.2 Å². The van der Waals surface area contributed by atoms with E-state index in [1.807, 2.05) is 12.4 Å². The highest BCUT2D eigenvalue weighted by Gasteiger charge is 2.29. The molecule has 0 aliphatic carbocycles. The van der Waals surface area contributed by atoms with Gasteiger partial charge < -0.3 is 15.2 Å². The van der Waals surface area contributed by atoms with Crippen molar-refractivity contribution in [2.45, 2.75) is 44.4 Å². The Balaban J connectivity index is 1.48. The maximum Gasteiger partial charge on any atom is 0.191 e. The number of hydrogen-bond acceptors (Lipinski definition) is 3. The average Bonchev–Trinajstić information content (AvgIpc) is 3.23. The van der Waals surface area contributed by atoms with Crippen LogP contribution in [0.4, 0.5) is 0 Å². The lowest BCUT2D eigenvalue weighted by atomic mass is 10.1. The van der Waals surface area contributed by atoms with Gasteiger partial charge in [0.25, 0.3) is 0 Å². The van der Waals surface area contributed by atoms with E-state index in [0.717, 1.165) is 44.1 Å². The first-order chi connectivity index (χ1) is 12.2. The van der Waals surface area contributed by atoms with E-state index in [-0.39, 0.29) is 0 Å². The molecule has 0 amide bonds. The van der Waals surface area contributed by atoms with E-state index < -0.39 is 0 Å². The van der Waals surface area contributed by atoms with E-state index in [0.29, 0.717) is 4.75 Å². The lowest BCUT2D eigenvalue weighted by Crippen LogP contribution is -2.39. The van der Waals surface area contributed by atoms with E-state index in [1.165, 1.54) is 24.1 Å². The molecule has 2 heterocycles. The zero-order valence-electron chi connectivity index (χ0n) is 15.3. The number of thioether (sulfide) groups is 1. The Labute approximate surface area is 154 Å². The summed E-state index contributed by atoms with van der Waals surface area (Å²) in [4.78, 5) is 9.25. The third kappa shape index (κ3) is 4.91. The zero-order chi connectivity index (χ0) is 17.5. The molecule has 0 spiro atoms. The summed E-state index contributed by atoms with van der Waals surface area (Å²) in [5.41, 5.74) is 2.27. The van der Waals surface area contributed by atoms with Crippen LogP contribution in [-0.2, 0) is 6.54 Å². The predicted octanol–water partition coefficient (Wildman–Crippen LogP) is 3.27. The van der Waals surface area contributed by atoms with Crippen molar-refractivity contribution in [3.05, 3.63) is 30.6 Å². The molecule has 1 aromatic heterocycles. The second-order valence-corrected chi connectivity index (χ2v) is 8.49. The van der Waals surface area contributed by atoms with Crippen molar-refractivity contribution in [2.75, 3.05) is 25.4 Å². The fourth-order valence-corrected chi connectivity index (χ4v) is 4.42. The number of nitrogens with one attached hydrogen (secondary N) is 2. The summed E-state index contributed by atoms with van der Waals surface area (Å²) in [5.74, 6) is 2.21. The van der Waals surface area contributed by atoms with Crippen LogP contribution in [-0.4, -0.2) is 45.6 Å². The maximum atomic E-state index is 4.81. The number of aliphatic imine (C=N–C) groups is 1. The molecule has 0 saturated carbocycles. The van der Waals surface area contributed by atoms with Gasteiger partial charge in [0.2, 0.25) is 0 Å². The molecule has 5 nitrogen and oxygen atoms in total. The largest absolute Gasteiger partial charge is 0.357 e. The predicted molar refractivity (Wildman–Crippen MR) is 108 cm³/mol. The molecule has 3 rings (SSSR count). The van der Waals surface area contributed by atoms with E-state index in [2.05, 4.69) is 64.0 Å². The maximum absolute atomic E-state index is 4.81. The normalized spacial score (nSPS) is 21.0. The average molecular weight is 360 g/mol. The fourth-order valence-electron chi connectivity index (χ4n) is 3.19. The molecular formula is C19H29N5S. The van der Waals surface area contributed by atoms with Crippen LogP contribution >= 0.6 is 11.8 Å². The van der Waals surface area contributed by atoms with Gasteiger partial charge in [0.15, 0.2) is 5.96 Å². The Bertz CT molecular complexity index is 703. The summed E-state index contributed by atoms with van der Waals surface area (Å²) in [6.45, 7) is 8.09. The molecule has 6 heteroatoms. The SMILES string of the molecule is CCNC(=NCC1(C)CCCS1)NCCCn1cnc2ccccc21. The summed E-state index contributed by atoms with van der Waals surface area (Å²) in [6.07, 6.45) is 5.56. The molecular weight excluding hydrogens is 330 g/mol. The highest BCUT2D eigenvalue weighted by molar-refractivity contribution is 8.00. The van der Waals surface area contributed by atoms with Gasteiger partial charge in [-0.1, -0.05) is 12.1 Å². The van der Waals surface area contributed by atoms with Crippen LogP contribution in [0.5, 0.6) is 0 Å². The second-order valence-electron chi connectivity index (χ2n) is 6.80. The number of guanidine groups is 1. The number of hydrogen-bond donors (Lipinski definition) is 2. The Morgan fingerprint density at radius 3 is 3.04 bits per heavy atom. The third-order valence-corrected chi connectivity index (χ3v) is 6.13. The van der Waals surface area contributed by atoms with Crippen molar-refractivity contribution in [1.29, 1.82) is 0 Å². The minimum absolute atomic E-state index is 0.318. The van der Waals surface area contributed by atoms with Crippen LogP contribution in [0.1, 0.15) is 33.1 Å². The number of benzene rings is 1. The molecule has 0 radical (unpaired) electrons. The number of aromatic nitrogens is 2. The zero-order valence-corrected chi connectivity index (χ0v) is 16.1. The topological polar surface area (TPSA) is 54.2 Å². The molecule has 1 aliphatic rings. The molecule has 1 atom stereocenters. The van der Waals surface area contributed by atoms with Gasteiger partial charge in [-0.15, -0.1) is 0 Å². The summed E-state index contributed by atoms with van der Waals surface area (Å²) in [7, 11) is 0. The number of para-hydroxylation sites is 2. The van der Waals surface area contributed by atoms with E-state index in [1.54, 1.807) is 0 Å². The van der Waals surface area contributed by atoms with Gasteiger partial charge in [0.05, 0.1) is 23.9 Å². The highest BCUT2D eigenvalue weighted by atomic mass is 32.2. The highest BCUT2D eigenvalue weighted by Crippen LogP contribution is 2.37. The van der Waals surface area contributed by atoms with Gasteiger partial charge in [-0.2, -0.15) is 11.8 Å². The van der Waals surface area contributed by atoms with Crippen LogP contribution in [0.25, 0.3) is 11.0 Å². The van der Waals surface area contributed by atoms with Crippen LogP contribution in [0, 0.1) is 0 Å². The number of imidazole rings is 1. The van der Waals surface area contributed by atoms with Crippen molar-refractivity contribution >= 4 is 28.8 Å². The van der Waals surface area contributed by atoms with E-state index in [4.69, 9.17) is 4.99 Å². The monoisotopic (exact) mass is 359 g/mol. The number of rotatable bonds is 7. The molecule has 1 saturated heterocycles. The molecule has 2 aromatic rings. The summed E-state index contributed by atoms with van der Waals surface area (Å²) < 4.78 is 2.54. The molecule has 1 aromatic carbocycles. The number of aryl methyl sites for hydroxylation is 1. The van der Waals surface area contributed by atoms with E-state index >= 15 is 0 Å². The minimum Gasteiger partial charge on any atom is -0.357 e. The molecule has 1 aliphatic heterocycles. The van der Waals surface area contributed by atoms with Gasteiger partial charge in [-0.05, 0) is 51.0 Å². The Kier molecular flexibility index (Phi) is 6.24. The number of nitrogens with zero attached hydrogens (tertiary/aromatic N) is 3. The van der Waals surface area contributed by atoms with Crippen LogP contribution in [0.15, 0.2) is 35.6 Å². The first kappa shape index (κ1) is 18.1. The van der Waals surface area contributed by atoms with Crippen molar-refractivity contribution in [3.63, 3.8) is 0 Å². The summed E-state index contributed by atoms with van der Waals surface area (Å²) in [6, 6.07) is 8.28. The lowest BCUT2D eigenvalue weighted by molar-refractivity contribution is 0.609. The van der Waals surface area contributed by atoms with Gasteiger partial charge in [-0.25, -0.2) is 4.98 Å². The van der Waals surface area contributed by atoms with E-state index in [9.17, 15) is 0 Å². The standard InChI is InChI=1S/C19H29N5S/c1-3-20-18(22-14-19(2)10-6-13-25-19)21-11-7-12-24-15-23-16-8-4-5-9-17(16)24/h4-5,8-9,15H,3,6-7,10-14H2,1-2H3,(H2,20,21,22). The fraction of sp³-hybridized carbons (Fsp3) is 0.579. The number of fused-ring (bicyclic) bond motifs is 1. The first-order valence-corrected chi connectivity index (χ1v) is 10.2. The third-order valence-electron chi connectivity index (χ3n) is 4.61. The smallest absolute Gasteiger partial charge is 0.191 e. The van der Waals surface area contributed by atoms with Crippen LogP contribution in [0.3, 0.4) is 0 Å². The first-order valence-electron chi connectivity index (χ1n) is 9.26. The van der Waals surface area contributed by atoms with Crippen LogP contribution < -0.4 is 10.6 Å². The second kappa shape index (κ2) is 8.61. The Hall–Kier alpha value is -1.69. The summed E-state index contributed by atoms with van der Waals surface area (Å²) >= 11 is 2.06. The molecule has 25 heavy (non-hydrogen) atoms. The summed E-state index contributed by atoms with van der Waals surface area (Å²) in [5, 5.41) is 6.83. The van der Waals surface area contributed by atoms with Gasteiger partial charge in [0.1, 0.15) is 0 Å². The Morgan fingerprint density at radius 1 is 1.36 bits per heavy atom. The molecule has 0 bridgehead atoms. The van der Waals surface area contributed by atoms with Crippen LogP contribution in [0.2, 0.25) is 0 Å². The molecule has 1 fully saturated rings.